The third kappa shape index (κ3) is 2.85. The molecule has 0 bridgehead atoms. The maximum atomic E-state index is 12.5. The average molecular weight is 318 g/mol. The van der Waals surface area contributed by atoms with Crippen molar-refractivity contribution in [1.82, 2.24) is 20.0 Å². The van der Waals surface area contributed by atoms with Gasteiger partial charge in [0.1, 0.15) is 6.04 Å². The molecule has 7 heteroatoms. The minimum absolute atomic E-state index is 0.103. The van der Waals surface area contributed by atoms with Crippen LogP contribution in [-0.4, -0.2) is 37.6 Å². The lowest BCUT2D eigenvalue weighted by Crippen LogP contribution is -2.39. The molecular weight excluding hydrogens is 300 g/mol. The zero-order valence-electron chi connectivity index (χ0n) is 12.8. The van der Waals surface area contributed by atoms with Gasteiger partial charge in [-0.3, -0.25) is 9.78 Å². The van der Waals surface area contributed by atoms with E-state index in [1.165, 1.54) is 0 Å². The molecule has 1 amide bonds. The first-order chi connectivity index (χ1) is 10.5. The van der Waals surface area contributed by atoms with E-state index in [0.717, 1.165) is 11.3 Å². The molecule has 22 heavy (non-hydrogen) atoms. The van der Waals surface area contributed by atoms with Gasteiger partial charge in [-0.2, -0.15) is 4.98 Å². The number of carbonyl (C=O) groups excluding carboxylic acids is 1. The summed E-state index contributed by atoms with van der Waals surface area (Å²) in [6.07, 6.45) is 3.37. The van der Waals surface area contributed by atoms with Crippen molar-refractivity contribution >= 4 is 17.7 Å². The van der Waals surface area contributed by atoms with Crippen molar-refractivity contribution in [3.05, 3.63) is 30.4 Å². The second kappa shape index (κ2) is 5.72. The highest BCUT2D eigenvalue weighted by molar-refractivity contribution is 7.99. The summed E-state index contributed by atoms with van der Waals surface area (Å²) < 4.78 is 5.41. The zero-order valence-corrected chi connectivity index (χ0v) is 13.6. The number of hydrogen-bond acceptors (Lipinski definition) is 6. The highest BCUT2D eigenvalue weighted by atomic mass is 32.2. The van der Waals surface area contributed by atoms with Crippen molar-refractivity contribution in [3.8, 4) is 11.4 Å². The highest BCUT2D eigenvalue weighted by Gasteiger charge is 2.38. The second-order valence-electron chi connectivity index (χ2n) is 6.23. The summed E-state index contributed by atoms with van der Waals surface area (Å²) >= 11 is 1.70. The molecule has 0 radical (unpaired) electrons. The maximum absolute atomic E-state index is 12.5. The Labute approximate surface area is 133 Å². The fourth-order valence-corrected chi connectivity index (χ4v) is 3.41. The van der Waals surface area contributed by atoms with Crippen LogP contribution in [0.15, 0.2) is 29.0 Å². The van der Waals surface area contributed by atoms with Gasteiger partial charge in [-0.05, 0) is 12.1 Å². The van der Waals surface area contributed by atoms with E-state index in [2.05, 4.69) is 15.1 Å². The summed E-state index contributed by atoms with van der Waals surface area (Å²) in [5, 5.41) is 4.03. The van der Waals surface area contributed by atoms with Crippen molar-refractivity contribution in [1.29, 1.82) is 0 Å². The van der Waals surface area contributed by atoms with Gasteiger partial charge in [0, 0.05) is 29.1 Å². The van der Waals surface area contributed by atoms with Gasteiger partial charge in [0.25, 0.3) is 5.89 Å². The average Bonchev–Trinajstić information content (AvgIpc) is 3.15. The summed E-state index contributed by atoms with van der Waals surface area (Å²) in [6, 6.07) is 3.51. The van der Waals surface area contributed by atoms with Crippen LogP contribution in [-0.2, 0) is 4.79 Å². The van der Waals surface area contributed by atoms with Crippen LogP contribution < -0.4 is 0 Å². The Balaban J connectivity index is 1.85. The largest absolute Gasteiger partial charge is 0.337 e. The molecule has 0 saturated carbocycles. The van der Waals surface area contributed by atoms with E-state index in [0.29, 0.717) is 17.6 Å². The van der Waals surface area contributed by atoms with E-state index in [1.807, 2.05) is 37.8 Å². The molecule has 6 nitrogen and oxygen atoms in total. The van der Waals surface area contributed by atoms with Crippen molar-refractivity contribution in [2.45, 2.75) is 26.8 Å². The van der Waals surface area contributed by atoms with Gasteiger partial charge < -0.3 is 9.42 Å². The number of amides is 1. The lowest BCUT2D eigenvalue weighted by molar-refractivity contribution is -0.140. The lowest BCUT2D eigenvalue weighted by atomic mass is 9.94. The van der Waals surface area contributed by atoms with Gasteiger partial charge in [-0.25, -0.2) is 0 Å². The Hall–Kier alpha value is -1.89. The van der Waals surface area contributed by atoms with Crippen molar-refractivity contribution in [3.63, 3.8) is 0 Å². The molecule has 0 spiro atoms. The SMILES string of the molecule is CC(C)(C)C(=O)N1CSCC1c1nc(-c2ccncc2)no1. The number of carbonyl (C=O) groups is 1. The van der Waals surface area contributed by atoms with Crippen molar-refractivity contribution in [2.75, 3.05) is 11.6 Å². The van der Waals surface area contributed by atoms with E-state index in [4.69, 9.17) is 4.52 Å². The molecule has 1 aliphatic rings. The molecular formula is C15H18N4O2S. The van der Waals surface area contributed by atoms with E-state index in [-0.39, 0.29) is 11.9 Å². The quantitative estimate of drug-likeness (QED) is 0.848. The van der Waals surface area contributed by atoms with Crippen LogP contribution in [0.1, 0.15) is 32.7 Å². The standard InChI is InChI=1S/C15H18N4O2S/c1-15(2,3)14(20)19-9-22-8-11(19)13-17-12(18-21-13)10-4-6-16-7-5-10/h4-7,11H,8-9H2,1-3H3. The molecule has 3 heterocycles. The molecule has 1 saturated heterocycles. The normalized spacial score (nSPS) is 18.7. The first-order valence-electron chi connectivity index (χ1n) is 7.09. The fraction of sp³-hybridized carbons (Fsp3) is 0.467. The minimum atomic E-state index is -0.420. The molecule has 2 aromatic heterocycles. The van der Waals surface area contributed by atoms with Crippen LogP contribution in [0.5, 0.6) is 0 Å². The van der Waals surface area contributed by atoms with Crippen LogP contribution in [0.2, 0.25) is 0 Å². The summed E-state index contributed by atoms with van der Waals surface area (Å²) in [5.74, 6) is 2.56. The Kier molecular flexibility index (Phi) is 3.90. The fourth-order valence-electron chi connectivity index (χ4n) is 2.27. The van der Waals surface area contributed by atoms with E-state index in [1.54, 1.807) is 24.2 Å². The molecule has 1 atom stereocenters. The van der Waals surface area contributed by atoms with Gasteiger partial charge in [0.2, 0.25) is 11.7 Å². The molecule has 3 rings (SSSR count). The Bertz CT molecular complexity index is 666. The van der Waals surface area contributed by atoms with Gasteiger partial charge in [-0.15, -0.1) is 11.8 Å². The third-order valence-electron chi connectivity index (χ3n) is 3.45. The summed E-state index contributed by atoms with van der Waals surface area (Å²) in [6.45, 7) is 5.77. The highest BCUT2D eigenvalue weighted by Crippen LogP contribution is 2.36. The molecule has 0 aromatic carbocycles. The predicted octanol–water partition coefficient (Wildman–Crippen LogP) is 2.75. The Morgan fingerprint density at radius 3 is 2.77 bits per heavy atom. The summed E-state index contributed by atoms with van der Waals surface area (Å²) in [5.41, 5.74) is 0.432. The van der Waals surface area contributed by atoms with Gasteiger partial charge in [0.05, 0.1) is 5.88 Å². The first-order valence-corrected chi connectivity index (χ1v) is 8.25. The number of aromatic nitrogens is 3. The summed E-state index contributed by atoms with van der Waals surface area (Å²) in [4.78, 5) is 22.8. The molecule has 1 aliphatic heterocycles. The predicted molar refractivity (Wildman–Crippen MR) is 83.9 cm³/mol. The smallest absolute Gasteiger partial charge is 0.250 e. The molecule has 2 aromatic rings. The van der Waals surface area contributed by atoms with Crippen LogP contribution in [0.25, 0.3) is 11.4 Å². The lowest BCUT2D eigenvalue weighted by Gasteiger charge is -2.28. The number of pyridine rings is 1. The minimum Gasteiger partial charge on any atom is -0.337 e. The Morgan fingerprint density at radius 1 is 1.36 bits per heavy atom. The molecule has 0 N–H and O–H groups in total. The molecule has 116 valence electrons. The van der Waals surface area contributed by atoms with Crippen LogP contribution in [0.3, 0.4) is 0 Å². The van der Waals surface area contributed by atoms with E-state index < -0.39 is 5.41 Å². The van der Waals surface area contributed by atoms with E-state index in [9.17, 15) is 4.79 Å². The zero-order chi connectivity index (χ0) is 15.7. The first kappa shape index (κ1) is 15.0. The third-order valence-corrected chi connectivity index (χ3v) is 4.46. The molecule has 0 aliphatic carbocycles. The second-order valence-corrected chi connectivity index (χ2v) is 7.23. The maximum Gasteiger partial charge on any atom is 0.250 e. The number of nitrogens with zero attached hydrogens (tertiary/aromatic N) is 4. The van der Waals surface area contributed by atoms with Crippen molar-refractivity contribution < 1.29 is 9.32 Å². The monoisotopic (exact) mass is 318 g/mol. The van der Waals surface area contributed by atoms with E-state index >= 15 is 0 Å². The van der Waals surface area contributed by atoms with Crippen LogP contribution in [0, 0.1) is 5.41 Å². The summed E-state index contributed by atoms with van der Waals surface area (Å²) in [7, 11) is 0. The van der Waals surface area contributed by atoms with Crippen LogP contribution >= 0.6 is 11.8 Å². The number of rotatable bonds is 2. The topological polar surface area (TPSA) is 72.1 Å². The number of hydrogen-bond donors (Lipinski definition) is 0. The molecule has 1 unspecified atom stereocenters. The Morgan fingerprint density at radius 2 is 2.09 bits per heavy atom. The van der Waals surface area contributed by atoms with Gasteiger partial charge in [0.15, 0.2) is 0 Å². The van der Waals surface area contributed by atoms with Gasteiger partial charge in [-0.1, -0.05) is 25.9 Å². The van der Waals surface area contributed by atoms with Crippen molar-refractivity contribution in [2.24, 2.45) is 5.41 Å². The van der Waals surface area contributed by atoms with Crippen LogP contribution in [0.4, 0.5) is 0 Å². The number of thioether (sulfide) groups is 1. The van der Waals surface area contributed by atoms with Gasteiger partial charge >= 0.3 is 0 Å². The molecule has 1 fully saturated rings.